The first kappa shape index (κ1) is 67.5. The van der Waals surface area contributed by atoms with Crippen molar-refractivity contribution in [3.05, 3.63) is 0 Å². The molecule has 0 aromatic rings. The van der Waals surface area contributed by atoms with Crippen LogP contribution in [0.25, 0.3) is 0 Å². The Kier molecular flexibility index (Phi) is 22.1. The zero-order valence-corrected chi connectivity index (χ0v) is 52.2. The Morgan fingerprint density at radius 3 is 0.920 bits per heavy atom. The van der Waals surface area contributed by atoms with Crippen molar-refractivity contribution in [3.8, 4) is 0 Å². The van der Waals surface area contributed by atoms with Crippen LogP contribution in [0.5, 0.6) is 0 Å². The number of carbonyl (C=O) groups excluding carboxylic acids is 12. The van der Waals surface area contributed by atoms with Gasteiger partial charge in [-0.1, -0.05) is 0 Å². The van der Waals surface area contributed by atoms with Gasteiger partial charge in [0.05, 0.1) is 26.4 Å². The van der Waals surface area contributed by atoms with Gasteiger partial charge in [0.25, 0.3) is 0 Å². The van der Waals surface area contributed by atoms with E-state index in [0.29, 0.717) is 96.7 Å². The molecule has 6 saturated heterocycles. The second-order valence-electron chi connectivity index (χ2n) is 26.6. The number of nitrogens with zero attached hydrogens (tertiary/aromatic N) is 6. The van der Waals surface area contributed by atoms with E-state index in [2.05, 4.69) is 16.0 Å². The summed E-state index contributed by atoms with van der Waals surface area (Å²) in [4.78, 5) is 170. The number of esters is 3. The van der Waals surface area contributed by atoms with Gasteiger partial charge in [0.2, 0.25) is 35.4 Å². The minimum absolute atomic E-state index is 0.0963. The third kappa shape index (κ3) is 17.2. The second kappa shape index (κ2) is 28.4. The lowest BCUT2D eigenvalue weighted by Gasteiger charge is -2.32. The third-order valence-electron chi connectivity index (χ3n) is 16.9. The zero-order chi connectivity index (χ0) is 63.8. The van der Waals surface area contributed by atoms with Gasteiger partial charge in [-0.2, -0.15) is 0 Å². The topological polar surface area (TPSA) is 325 Å². The molecule has 1 saturated carbocycles. The van der Waals surface area contributed by atoms with E-state index in [4.69, 9.17) is 33.2 Å². The summed E-state index contributed by atoms with van der Waals surface area (Å²) < 4.78 is 39.3. The number of rotatable bonds is 20. The summed E-state index contributed by atoms with van der Waals surface area (Å²) in [6.45, 7) is 14.5. The van der Waals surface area contributed by atoms with E-state index in [1.165, 1.54) is 36.5 Å². The molecular weight excluding hydrogens is 1140 g/mol. The molecule has 0 aromatic carbocycles. The predicted octanol–water partition coefficient (Wildman–Crippen LogP) is 2.01. The van der Waals surface area contributed by atoms with Crippen molar-refractivity contribution in [1.82, 2.24) is 45.3 Å². The van der Waals surface area contributed by atoms with Gasteiger partial charge >= 0.3 is 36.2 Å². The molecule has 7 rings (SSSR count). The Morgan fingerprint density at radius 2 is 0.644 bits per heavy atom. The van der Waals surface area contributed by atoms with Gasteiger partial charge in [0.1, 0.15) is 72.7 Å². The Labute approximate surface area is 508 Å². The molecule has 9 amide bonds. The van der Waals surface area contributed by atoms with Crippen molar-refractivity contribution in [2.24, 2.45) is 17.3 Å². The molecule has 28 nitrogen and oxygen atoms in total. The Bertz CT molecular complexity index is 2480. The molecule has 0 bridgehead atoms. The number of nitrogens with one attached hydrogen (secondary N) is 3. The minimum Gasteiger partial charge on any atom is -0.464 e. The number of hydrogen-bond donors (Lipinski definition) is 3. The fraction of sp³-hybridized carbons (Fsp3) is 0.797. The fourth-order valence-electron chi connectivity index (χ4n) is 12.7. The van der Waals surface area contributed by atoms with E-state index in [1.807, 2.05) is 0 Å². The van der Waals surface area contributed by atoms with Gasteiger partial charge in [-0.25, -0.2) is 14.4 Å². The zero-order valence-electron chi connectivity index (χ0n) is 52.2. The molecule has 9 atom stereocenters. The van der Waals surface area contributed by atoms with Gasteiger partial charge in [-0.05, 0) is 139 Å². The van der Waals surface area contributed by atoms with Crippen molar-refractivity contribution in [1.29, 1.82) is 0 Å². The standard InChI is InChI=1S/C59H91N9O19/c1-56(2,3)85-53(78)66-26-14-20-41(66)50(75)63-23-11-17-38(63)47(72)60-29-44(69)82-32-36-37(33-83-45(70)30-61-48(73)39-18-12-24-64(39)51(76)42-21-15-27-67(42)54(79)86-57(4,5)6)59(36,34-81-10)35-84-46(71)31-62-49(74)40-19-13-25-65(40)52(77)43-22-16-28-68(43)55(80)87-58(7,8)9/h36-43H,11-35H2,1-10H3,(H,60,72)(H,61,73)(H,62,74)/t36-,37+,38-,39-,40-,41-,42-,43-,59?/m0/s1. The van der Waals surface area contributed by atoms with Gasteiger partial charge in [0.15, 0.2) is 0 Å². The number of amides is 9. The summed E-state index contributed by atoms with van der Waals surface area (Å²) in [5, 5.41) is 7.73. The van der Waals surface area contributed by atoms with Crippen molar-refractivity contribution in [2.75, 3.05) is 92.4 Å². The van der Waals surface area contributed by atoms with Crippen LogP contribution in [0.3, 0.4) is 0 Å². The largest absolute Gasteiger partial charge is 0.464 e. The Morgan fingerprint density at radius 1 is 0.379 bits per heavy atom. The van der Waals surface area contributed by atoms with Crippen LogP contribution in [0.15, 0.2) is 0 Å². The van der Waals surface area contributed by atoms with Crippen LogP contribution in [0, 0.1) is 17.3 Å². The maximum absolute atomic E-state index is 13.9. The van der Waals surface area contributed by atoms with Crippen LogP contribution in [0.2, 0.25) is 0 Å². The number of methoxy groups -OCH3 is 1. The van der Waals surface area contributed by atoms with Crippen molar-refractivity contribution < 1.29 is 90.7 Å². The van der Waals surface area contributed by atoms with E-state index in [0.717, 1.165) is 0 Å². The summed E-state index contributed by atoms with van der Waals surface area (Å²) in [5.74, 6) is -6.85. The first-order valence-corrected chi connectivity index (χ1v) is 30.6. The van der Waals surface area contributed by atoms with Crippen LogP contribution >= 0.6 is 0 Å². The molecule has 6 aliphatic heterocycles. The summed E-state index contributed by atoms with van der Waals surface area (Å²) in [6.07, 6.45) is 3.60. The van der Waals surface area contributed by atoms with Gasteiger partial charge in [0, 0.05) is 63.6 Å². The smallest absolute Gasteiger partial charge is 0.410 e. The molecule has 3 N–H and O–H groups in total. The van der Waals surface area contributed by atoms with E-state index in [9.17, 15) is 57.5 Å². The highest BCUT2D eigenvalue weighted by molar-refractivity contribution is 5.95. The van der Waals surface area contributed by atoms with Crippen molar-refractivity contribution in [2.45, 2.75) is 192 Å². The molecule has 486 valence electrons. The van der Waals surface area contributed by atoms with E-state index < -0.39 is 144 Å². The summed E-state index contributed by atoms with van der Waals surface area (Å²) in [7, 11) is 1.39. The minimum atomic E-state index is -1.13. The molecule has 7 aliphatic rings. The molecular formula is C59H91N9O19. The van der Waals surface area contributed by atoms with Crippen LogP contribution in [0.4, 0.5) is 14.4 Å². The summed E-state index contributed by atoms with van der Waals surface area (Å²) in [6, 6.07) is -5.15. The first-order valence-electron chi connectivity index (χ1n) is 30.6. The molecule has 6 heterocycles. The van der Waals surface area contributed by atoms with Gasteiger partial charge < -0.3 is 63.8 Å². The normalized spacial score (nSPS) is 26.3. The van der Waals surface area contributed by atoms with Gasteiger partial charge in [-0.15, -0.1) is 0 Å². The van der Waals surface area contributed by atoms with Crippen LogP contribution in [0.1, 0.15) is 139 Å². The van der Waals surface area contributed by atoms with Crippen LogP contribution in [-0.2, 0) is 76.3 Å². The third-order valence-corrected chi connectivity index (χ3v) is 16.9. The molecule has 7 fully saturated rings. The number of likely N-dealkylation sites (tertiary alicyclic amines) is 6. The summed E-state index contributed by atoms with van der Waals surface area (Å²) >= 11 is 0. The molecule has 0 aromatic heterocycles. The Hall–Kier alpha value is -7.00. The first-order chi connectivity index (χ1) is 40.9. The predicted molar refractivity (Wildman–Crippen MR) is 305 cm³/mol. The van der Waals surface area contributed by atoms with E-state index in [-0.39, 0.29) is 63.8 Å². The van der Waals surface area contributed by atoms with Crippen LogP contribution < -0.4 is 16.0 Å². The molecule has 1 unspecified atom stereocenters. The molecule has 1 aliphatic carbocycles. The average Bonchev–Trinajstić information content (AvgIpc) is 1.59. The monoisotopic (exact) mass is 1230 g/mol. The number of carbonyl (C=O) groups is 12. The fourth-order valence-corrected chi connectivity index (χ4v) is 12.7. The maximum atomic E-state index is 13.9. The van der Waals surface area contributed by atoms with Crippen molar-refractivity contribution >= 4 is 71.6 Å². The Balaban J connectivity index is 0.952. The van der Waals surface area contributed by atoms with E-state index >= 15 is 0 Å². The molecule has 0 spiro atoms. The van der Waals surface area contributed by atoms with Crippen LogP contribution in [-0.4, -0.2) is 247 Å². The molecule has 0 radical (unpaired) electrons. The quantitative estimate of drug-likeness (QED) is 0.116. The SMILES string of the molecule is COCC1(COC(=O)CNC(=O)[C@@H]2CCCN2C(=O)[C@@H]2CCCN2C(=O)OC(C)(C)C)[C@H](COC(=O)CNC(=O)[C@@H]2CCCN2C(=O)[C@@H]2CCCN2C(=O)OC(C)(C)C)[C@@H]1COC(=O)CNC(=O)[C@@H]1CCCN1C(=O)[C@@H]1CCCN1C(=O)OC(C)(C)C. The number of hydrogen-bond acceptors (Lipinski definition) is 19. The maximum Gasteiger partial charge on any atom is 0.410 e. The lowest BCUT2D eigenvalue weighted by Crippen LogP contribution is -2.53. The highest BCUT2D eigenvalue weighted by atomic mass is 16.6. The molecule has 28 heteroatoms. The van der Waals surface area contributed by atoms with E-state index in [1.54, 1.807) is 62.3 Å². The van der Waals surface area contributed by atoms with Gasteiger partial charge in [-0.3, -0.25) is 57.9 Å². The number of ether oxygens (including phenoxy) is 7. The second-order valence-corrected chi connectivity index (χ2v) is 26.6. The lowest BCUT2D eigenvalue weighted by atomic mass is 10.0. The molecule has 87 heavy (non-hydrogen) atoms. The highest BCUT2D eigenvalue weighted by Gasteiger charge is 2.66. The highest BCUT2D eigenvalue weighted by Crippen LogP contribution is 2.59. The lowest BCUT2D eigenvalue weighted by molar-refractivity contribution is -0.149. The average molecular weight is 1230 g/mol. The summed E-state index contributed by atoms with van der Waals surface area (Å²) in [5.41, 5.74) is -3.47. The van der Waals surface area contributed by atoms with Crippen molar-refractivity contribution in [3.63, 3.8) is 0 Å².